The van der Waals surface area contributed by atoms with E-state index in [4.69, 9.17) is 21.1 Å². The van der Waals surface area contributed by atoms with E-state index in [0.29, 0.717) is 35.1 Å². The Hall–Kier alpha value is -2.68. The Balaban J connectivity index is 1.25. The van der Waals surface area contributed by atoms with Crippen molar-refractivity contribution in [3.05, 3.63) is 47.5 Å². The molecule has 186 valence electrons. The van der Waals surface area contributed by atoms with Crippen LogP contribution in [0.5, 0.6) is 11.5 Å². The average Bonchev–Trinajstić information content (AvgIpc) is 2.88. The molecule has 0 bridgehead atoms. The van der Waals surface area contributed by atoms with Gasteiger partial charge < -0.3 is 25.0 Å². The van der Waals surface area contributed by atoms with Gasteiger partial charge in [0.1, 0.15) is 18.0 Å². The molecule has 7 nitrogen and oxygen atoms in total. The first-order valence-electron chi connectivity index (χ1n) is 12.2. The van der Waals surface area contributed by atoms with Crippen molar-refractivity contribution >= 4 is 34.0 Å². The van der Waals surface area contributed by atoms with Gasteiger partial charge in [-0.05, 0) is 75.0 Å². The van der Waals surface area contributed by atoms with Crippen LogP contribution in [0.2, 0.25) is 5.02 Å². The summed E-state index contributed by atoms with van der Waals surface area (Å²) in [5.41, 5.74) is 1.34. The van der Waals surface area contributed by atoms with E-state index in [-0.39, 0.29) is 5.02 Å². The molecule has 3 aromatic rings. The third-order valence-corrected chi connectivity index (χ3v) is 7.34. The second kappa shape index (κ2) is 10.9. The second-order valence-corrected chi connectivity index (χ2v) is 9.71. The molecule has 2 fully saturated rings. The van der Waals surface area contributed by atoms with Crippen LogP contribution in [0.4, 0.5) is 15.9 Å². The largest absolute Gasteiger partial charge is 0.493 e. The number of rotatable bonds is 8. The Labute approximate surface area is 210 Å². The predicted molar refractivity (Wildman–Crippen MR) is 136 cm³/mol. The number of likely N-dealkylation sites (tertiary alicyclic amines) is 1. The fourth-order valence-electron chi connectivity index (χ4n) is 5.16. The highest BCUT2D eigenvalue weighted by Crippen LogP contribution is 2.35. The Morgan fingerprint density at radius 1 is 1.17 bits per heavy atom. The van der Waals surface area contributed by atoms with Gasteiger partial charge in [-0.3, -0.25) is 0 Å². The molecule has 35 heavy (non-hydrogen) atoms. The van der Waals surface area contributed by atoms with Crippen molar-refractivity contribution in [2.75, 3.05) is 51.8 Å². The maximum absolute atomic E-state index is 13.5. The Kier molecular flexibility index (Phi) is 7.51. The van der Waals surface area contributed by atoms with Crippen molar-refractivity contribution in [1.29, 1.82) is 0 Å². The molecule has 2 saturated heterocycles. The van der Waals surface area contributed by atoms with Gasteiger partial charge in [0.2, 0.25) is 0 Å². The number of nitrogens with one attached hydrogen (secondary N) is 2. The number of nitrogens with zero attached hydrogens (tertiary/aromatic N) is 3. The minimum atomic E-state index is -0.468. The highest BCUT2D eigenvalue weighted by Gasteiger charge is 2.30. The molecule has 2 aromatic carbocycles. The summed E-state index contributed by atoms with van der Waals surface area (Å²) >= 11 is 5.93. The summed E-state index contributed by atoms with van der Waals surface area (Å²) in [7, 11) is 1.62. The number of ether oxygens (including phenoxy) is 2. The summed E-state index contributed by atoms with van der Waals surface area (Å²) in [6, 6.07) is 8.19. The Morgan fingerprint density at radius 2 is 2.09 bits per heavy atom. The lowest BCUT2D eigenvalue weighted by Crippen LogP contribution is -2.48. The summed E-state index contributed by atoms with van der Waals surface area (Å²) < 4.78 is 25.3. The van der Waals surface area contributed by atoms with E-state index in [1.807, 2.05) is 12.1 Å². The van der Waals surface area contributed by atoms with Gasteiger partial charge in [0.05, 0.1) is 24.3 Å². The SMILES string of the molecule is COc1cc2ncnc(Nc3ccc(F)c(Cl)c3)c2cc1OCCCN1CCC2CCNCC2C1. The predicted octanol–water partition coefficient (Wildman–Crippen LogP) is 4.87. The molecule has 0 radical (unpaired) electrons. The summed E-state index contributed by atoms with van der Waals surface area (Å²) in [6.45, 7) is 6.29. The number of piperidine rings is 2. The number of methoxy groups -OCH3 is 1. The molecular formula is C26H31ClFN5O2. The van der Waals surface area contributed by atoms with Crippen molar-refractivity contribution in [2.45, 2.75) is 19.3 Å². The average molecular weight is 500 g/mol. The van der Waals surface area contributed by atoms with Gasteiger partial charge in [-0.15, -0.1) is 0 Å². The van der Waals surface area contributed by atoms with Crippen LogP contribution in [-0.2, 0) is 0 Å². The number of benzene rings is 2. The highest BCUT2D eigenvalue weighted by molar-refractivity contribution is 6.31. The first-order chi connectivity index (χ1) is 17.1. The monoisotopic (exact) mass is 499 g/mol. The summed E-state index contributed by atoms with van der Waals surface area (Å²) in [5.74, 6) is 3.05. The van der Waals surface area contributed by atoms with Gasteiger partial charge >= 0.3 is 0 Å². The third-order valence-electron chi connectivity index (χ3n) is 7.05. The molecule has 3 heterocycles. The first kappa shape index (κ1) is 24.0. The van der Waals surface area contributed by atoms with Crippen LogP contribution in [0.25, 0.3) is 10.9 Å². The van der Waals surface area contributed by atoms with Gasteiger partial charge in [-0.2, -0.15) is 0 Å². The lowest BCUT2D eigenvalue weighted by Gasteiger charge is -2.41. The van der Waals surface area contributed by atoms with Gasteiger partial charge in [0.25, 0.3) is 0 Å². The molecule has 2 aliphatic heterocycles. The van der Waals surface area contributed by atoms with Crippen molar-refractivity contribution in [2.24, 2.45) is 11.8 Å². The highest BCUT2D eigenvalue weighted by atomic mass is 35.5. The number of fused-ring (bicyclic) bond motifs is 2. The Bertz CT molecular complexity index is 1180. The molecule has 0 amide bonds. The van der Waals surface area contributed by atoms with Crippen LogP contribution in [0.15, 0.2) is 36.7 Å². The minimum Gasteiger partial charge on any atom is -0.493 e. The van der Waals surface area contributed by atoms with Gasteiger partial charge in [-0.25, -0.2) is 14.4 Å². The quantitative estimate of drug-likeness (QED) is 0.428. The van der Waals surface area contributed by atoms with Gasteiger partial charge in [0.15, 0.2) is 11.5 Å². The van der Waals surface area contributed by atoms with Crippen LogP contribution in [0.1, 0.15) is 19.3 Å². The fraction of sp³-hybridized carbons (Fsp3) is 0.462. The number of hydrogen-bond donors (Lipinski definition) is 2. The molecule has 0 aliphatic carbocycles. The molecule has 0 spiro atoms. The molecule has 2 aliphatic rings. The van der Waals surface area contributed by atoms with Crippen molar-refractivity contribution < 1.29 is 13.9 Å². The first-order valence-corrected chi connectivity index (χ1v) is 12.6. The standard InChI is InChI=1S/C26H31ClFN5O2/c1-34-24-13-23-20(26(31-16-30-23)32-19-3-4-22(28)21(27)11-19)12-25(24)35-10-2-8-33-9-6-17-5-7-29-14-18(17)15-33/h3-4,11-13,16-18,29H,2,5-10,14-15H2,1H3,(H,30,31,32). The zero-order valence-electron chi connectivity index (χ0n) is 19.9. The molecular weight excluding hydrogens is 469 g/mol. The molecule has 2 atom stereocenters. The van der Waals surface area contributed by atoms with Crippen molar-refractivity contribution in [1.82, 2.24) is 20.2 Å². The second-order valence-electron chi connectivity index (χ2n) is 9.30. The normalized spacial score (nSPS) is 20.4. The van der Waals surface area contributed by atoms with E-state index >= 15 is 0 Å². The van der Waals surface area contributed by atoms with Crippen molar-refractivity contribution in [3.8, 4) is 11.5 Å². The molecule has 2 unspecified atom stereocenters. The molecule has 1 aromatic heterocycles. The van der Waals surface area contributed by atoms with E-state index in [1.165, 1.54) is 50.9 Å². The zero-order valence-corrected chi connectivity index (χ0v) is 20.7. The van der Waals surface area contributed by atoms with E-state index < -0.39 is 5.82 Å². The maximum Gasteiger partial charge on any atom is 0.162 e. The van der Waals surface area contributed by atoms with E-state index in [0.717, 1.165) is 36.7 Å². The van der Waals surface area contributed by atoms with E-state index in [2.05, 4.69) is 25.5 Å². The Morgan fingerprint density at radius 3 is 2.94 bits per heavy atom. The van der Waals surface area contributed by atoms with Crippen LogP contribution in [-0.4, -0.2) is 61.3 Å². The van der Waals surface area contributed by atoms with E-state index in [9.17, 15) is 4.39 Å². The topological polar surface area (TPSA) is 71.5 Å². The van der Waals surface area contributed by atoms with E-state index in [1.54, 1.807) is 13.2 Å². The smallest absolute Gasteiger partial charge is 0.162 e. The maximum atomic E-state index is 13.5. The molecule has 5 rings (SSSR count). The summed E-state index contributed by atoms with van der Waals surface area (Å²) in [4.78, 5) is 11.3. The molecule has 0 saturated carbocycles. The molecule has 9 heteroatoms. The van der Waals surface area contributed by atoms with Crippen LogP contribution >= 0.6 is 11.6 Å². The minimum absolute atomic E-state index is 0.0445. The van der Waals surface area contributed by atoms with Gasteiger partial charge in [-0.1, -0.05) is 11.6 Å². The van der Waals surface area contributed by atoms with Crippen LogP contribution in [0.3, 0.4) is 0 Å². The van der Waals surface area contributed by atoms with Crippen LogP contribution < -0.4 is 20.1 Å². The lowest BCUT2D eigenvalue weighted by molar-refractivity contribution is 0.0914. The number of aromatic nitrogens is 2. The zero-order chi connectivity index (χ0) is 24.2. The number of anilines is 2. The number of halogens is 2. The molecule has 2 N–H and O–H groups in total. The third kappa shape index (κ3) is 5.60. The van der Waals surface area contributed by atoms with Gasteiger partial charge in [0, 0.05) is 30.2 Å². The summed E-state index contributed by atoms with van der Waals surface area (Å²) in [5, 5.41) is 7.56. The lowest BCUT2D eigenvalue weighted by atomic mass is 9.81. The van der Waals surface area contributed by atoms with Crippen molar-refractivity contribution in [3.63, 3.8) is 0 Å². The number of hydrogen-bond acceptors (Lipinski definition) is 7. The fourth-order valence-corrected chi connectivity index (χ4v) is 5.34. The van der Waals surface area contributed by atoms with Crippen LogP contribution in [0, 0.1) is 17.7 Å². The summed E-state index contributed by atoms with van der Waals surface area (Å²) in [6.07, 6.45) is 5.04.